The van der Waals surface area contributed by atoms with E-state index >= 15 is 0 Å². The van der Waals surface area contributed by atoms with Crippen molar-refractivity contribution in [1.82, 2.24) is 4.90 Å². The lowest BCUT2D eigenvalue weighted by molar-refractivity contribution is -0.144. The molecule has 0 spiro atoms. The predicted molar refractivity (Wildman–Crippen MR) is 93.3 cm³/mol. The third kappa shape index (κ3) is 5.08. The Labute approximate surface area is 139 Å². The SMILES string of the molecule is CCCCc1ccc(NC(=O)C(=O)N(C)C2CCCCC2)cc1. The quantitative estimate of drug-likeness (QED) is 0.841. The Hall–Kier alpha value is -1.84. The van der Waals surface area contributed by atoms with Gasteiger partial charge in [0.05, 0.1) is 0 Å². The maximum Gasteiger partial charge on any atom is 0.313 e. The van der Waals surface area contributed by atoms with Gasteiger partial charge in [-0.1, -0.05) is 44.7 Å². The number of unbranched alkanes of at least 4 members (excludes halogenated alkanes) is 1. The number of carbonyl (C=O) groups excluding carboxylic acids is 2. The fraction of sp³-hybridized carbons (Fsp3) is 0.579. The van der Waals surface area contributed by atoms with Crippen molar-refractivity contribution >= 4 is 17.5 Å². The van der Waals surface area contributed by atoms with E-state index in [2.05, 4.69) is 12.2 Å². The van der Waals surface area contributed by atoms with Crippen LogP contribution in [0.3, 0.4) is 0 Å². The van der Waals surface area contributed by atoms with Gasteiger partial charge in [0.25, 0.3) is 0 Å². The lowest BCUT2D eigenvalue weighted by atomic mass is 9.94. The molecule has 23 heavy (non-hydrogen) atoms. The summed E-state index contributed by atoms with van der Waals surface area (Å²) in [5.41, 5.74) is 1.94. The molecular formula is C19H28N2O2. The minimum absolute atomic E-state index is 0.207. The van der Waals surface area contributed by atoms with Crippen LogP contribution in [0.15, 0.2) is 24.3 Å². The van der Waals surface area contributed by atoms with E-state index in [0.29, 0.717) is 5.69 Å². The van der Waals surface area contributed by atoms with Gasteiger partial charge < -0.3 is 10.2 Å². The van der Waals surface area contributed by atoms with Gasteiger partial charge in [-0.2, -0.15) is 0 Å². The maximum atomic E-state index is 12.3. The number of hydrogen-bond donors (Lipinski definition) is 1. The molecule has 1 aliphatic carbocycles. The molecule has 0 saturated heterocycles. The number of likely N-dealkylation sites (N-methyl/N-ethyl adjacent to an activating group) is 1. The van der Waals surface area contributed by atoms with Crippen molar-refractivity contribution in [2.45, 2.75) is 64.3 Å². The third-order valence-corrected chi connectivity index (χ3v) is 4.67. The Bertz CT molecular complexity index is 519. The highest BCUT2D eigenvalue weighted by Gasteiger charge is 2.26. The van der Waals surface area contributed by atoms with Gasteiger partial charge in [0, 0.05) is 18.8 Å². The molecule has 1 aromatic rings. The van der Waals surface area contributed by atoms with Crippen LogP contribution in [0.4, 0.5) is 5.69 Å². The average Bonchev–Trinajstić information content (AvgIpc) is 2.60. The molecule has 0 unspecified atom stereocenters. The van der Waals surface area contributed by atoms with Crippen LogP contribution in [0, 0.1) is 0 Å². The third-order valence-electron chi connectivity index (χ3n) is 4.67. The van der Waals surface area contributed by atoms with Crippen molar-refractivity contribution in [1.29, 1.82) is 0 Å². The first-order valence-electron chi connectivity index (χ1n) is 8.79. The van der Waals surface area contributed by atoms with Crippen LogP contribution in [-0.2, 0) is 16.0 Å². The van der Waals surface area contributed by atoms with Gasteiger partial charge in [0.1, 0.15) is 0 Å². The number of rotatable bonds is 5. The number of aryl methyl sites for hydroxylation is 1. The van der Waals surface area contributed by atoms with Gasteiger partial charge in [0.2, 0.25) is 0 Å². The zero-order chi connectivity index (χ0) is 16.7. The fourth-order valence-corrected chi connectivity index (χ4v) is 3.11. The molecule has 2 amide bonds. The molecule has 1 aromatic carbocycles. The predicted octanol–water partition coefficient (Wildman–Crippen LogP) is 3.76. The number of benzene rings is 1. The topological polar surface area (TPSA) is 49.4 Å². The number of amides is 2. The summed E-state index contributed by atoms with van der Waals surface area (Å²) in [6, 6.07) is 7.98. The number of carbonyl (C=O) groups is 2. The van der Waals surface area contributed by atoms with E-state index < -0.39 is 11.8 Å². The van der Waals surface area contributed by atoms with Gasteiger partial charge in [0.15, 0.2) is 0 Å². The minimum atomic E-state index is -0.542. The summed E-state index contributed by atoms with van der Waals surface area (Å²) in [6.07, 6.45) is 8.90. The van der Waals surface area contributed by atoms with E-state index in [4.69, 9.17) is 0 Å². The largest absolute Gasteiger partial charge is 0.335 e. The Kier molecular flexibility index (Phi) is 6.63. The Balaban J connectivity index is 1.88. The summed E-state index contributed by atoms with van der Waals surface area (Å²) >= 11 is 0. The molecule has 0 bridgehead atoms. The molecule has 0 aromatic heterocycles. The normalized spacial score (nSPS) is 15.2. The fourth-order valence-electron chi connectivity index (χ4n) is 3.11. The molecule has 0 atom stereocenters. The molecule has 0 radical (unpaired) electrons. The van der Waals surface area contributed by atoms with Crippen LogP contribution in [0.1, 0.15) is 57.4 Å². The molecule has 1 saturated carbocycles. The molecule has 4 heteroatoms. The smallest absolute Gasteiger partial charge is 0.313 e. The van der Waals surface area contributed by atoms with Crippen molar-refractivity contribution in [3.63, 3.8) is 0 Å². The van der Waals surface area contributed by atoms with Gasteiger partial charge in [-0.05, 0) is 43.4 Å². The number of hydrogen-bond acceptors (Lipinski definition) is 2. The maximum absolute atomic E-state index is 12.3. The lowest BCUT2D eigenvalue weighted by Gasteiger charge is -2.30. The van der Waals surface area contributed by atoms with Crippen LogP contribution >= 0.6 is 0 Å². The van der Waals surface area contributed by atoms with Gasteiger partial charge in [-0.25, -0.2) is 0 Å². The standard InChI is InChI=1S/C19H28N2O2/c1-3-4-8-15-11-13-16(14-12-15)20-18(22)19(23)21(2)17-9-6-5-7-10-17/h11-14,17H,3-10H2,1-2H3,(H,20,22). The highest BCUT2D eigenvalue weighted by molar-refractivity contribution is 6.39. The van der Waals surface area contributed by atoms with E-state index in [1.807, 2.05) is 24.3 Å². The first-order chi connectivity index (χ1) is 11.1. The van der Waals surface area contributed by atoms with Gasteiger partial charge in [-0.15, -0.1) is 0 Å². The van der Waals surface area contributed by atoms with Crippen molar-refractivity contribution < 1.29 is 9.59 Å². The summed E-state index contributed by atoms with van der Waals surface area (Å²) in [5, 5.41) is 2.71. The van der Waals surface area contributed by atoms with Crippen LogP contribution in [0.5, 0.6) is 0 Å². The minimum Gasteiger partial charge on any atom is -0.335 e. The number of anilines is 1. The zero-order valence-corrected chi connectivity index (χ0v) is 14.3. The molecule has 4 nitrogen and oxygen atoms in total. The first-order valence-corrected chi connectivity index (χ1v) is 8.79. The monoisotopic (exact) mass is 316 g/mol. The van der Waals surface area contributed by atoms with Gasteiger partial charge >= 0.3 is 11.8 Å². The molecule has 0 aliphatic heterocycles. The van der Waals surface area contributed by atoms with Crippen LogP contribution < -0.4 is 5.32 Å². The van der Waals surface area contributed by atoms with E-state index in [9.17, 15) is 9.59 Å². The average molecular weight is 316 g/mol. The Morgan fingerprint density at radius 3 is 2.39 bits per heavy atom. The van der Waals surface area contributed by atoms with E-state index in [-0.39, 0.29) is 6.04 Å². The first kappa shape index (κ1) is 17.5. The van der Waals surface area contributed by atoms with Crippen molar-refractivity contribution in [2.75, 3.05) is 12.4 Å². The second kappa shape index (κ2) is 8.70. The summed E-state index contributed by atoms with van der Waals surface area (Å²) in [7, 11) is 1.74. The second-order valence-electron chi connectivity index (χ2n) is 6.46. The summed E-state index contributed by atoms with van der Waals surface area (Å²) in [6.45, 7) is 2.17. The zero-order valence-electron chi connectivity index (χ0n) is 14.3. The highest BCUT2D eigenvalue weighted by Crippen LogP contribution is 2.22. The molecule has 126 valence electrons. The number of nitrogens with one attached hydrogen (secondary N) is 1. The molecule has 2 rings (SSSR count). The number of nitrogens with zero attached hydrogens (tertiary/aromatic N) is 1. The van der Waals surface area contributed by atoms with E-state index in [1.165, 1.54) is 18.4 Å². The van der Waals surface area contributed by atoms with E-state index in [0.717, 1.165) is 38.5 Å². The van der Waals surface area contributed by atoms with E-state index in [1.54, 1.807) is 11.9 Å². The lowest BCUT2D eigenvalue weighted by Crippen LogP contribution is -2.44. The summed E-state index contributed by atoms with van der Waals surface area (Å²) < 4.78 is 0. The van der Waals surface area contributed by atoms with Crippen molar-refractivity contribution in [3.05, 3.63) is 29.8 Å². The Morgan fingerprint density at radius 1 is 1.13 bits per heavy atom. The van der Waals surface area contributed by atoms with Crippen LogP contribution in [-0.4, -0.2) is 29.8 Å². The van der Waals surface area contributed by atoms with Crippen molar-refractivity contribution in [2.24, 2.45) is 0 Å². The highest BCUT2D eigenvalue weighted by atomic mass is 16.2. The van der Waals surface area contributed by atoms with Crippen LogP contribution in [0.25, 0.3) is 0 Å². The molecule has 1 fully saturated rings. The Morgan fingerprint density at radius 2 is 1.78 bits per heavy atom. The summed E-state index contributed by atoms with van der Waals surface area (Å²) in [5.74, 6) is -0.980. The second-order valence-corrected chi connectivity index (χ2v) is 6.46. The summed E-state index contributed by atoms with van der Waals surface area (Å²) in [4.78, 5) is 26.0. The van der Waals surface area contributed by atoms with Gasteiger partial charge in [-0.3, -0.25) is 9.59 Å². The molecule has 1 aliphatic rings. The molecular weight excluding hydrogens is 288 g/mol. The van der Waals surface area contributed by atoms with Crippen LogP contribution in [0.2, 0.25) is 0 Å². The molecule has 1 N–H and O–H groups in total. The molecule has 0 heterocycles. The van der Waals surface area contributed by atoms with Crippen molar-refractivity contribution in [3.8, 4) is 0 Å².